The molecule has 0 fully saturated rings. The fourth-order valence-corrected chi connectivity index (χ4v) is 3.78. The van der Waals surface area contributed by atoms with Gasteiger partial charge in [-0.15, -0.1) is 11.8 Å². The van der Waals surface area contributed by atoms with Gasteiger partial charge in [-0.25, -0.2) is 0 Å². The van der Waals surface area contributed by atoms with Gasteiger partial charge in [-0.05, 0) is 32.1 Å². The summed E-state index contributed by atoms with van der Waals surface area (Å²) in [5.74, 6) is -0.746. The van der Waals surface area contributed by atoms with Gasteiger partial charge in [-0.2, -0.15) is 0 Å². The number of benzene rings is 1. The number of carboxylic acid groups (broad SMARTS) is 1. The van der Waals surface area contributed by atoms with Crippen LogP contribution >= 0.6 is 11.8 Å². The van der Waals surface area contributed by atoms with E-state index in [1.165, 1.54) is 10.5 Å². The first-order chi connectivity index (χ1) is 9.54. The summed E-state index contributed by atoms with van der Waals surface area (Å²) in [6.45, 7) is 2.64. The molecule has 4 nitrogen and oxygen atoms in total. The van der Waals surface area contributed by atoms with Crippen LogP contribution in [-0.4, -0.2) is 66.4 Å². The lowest BCUT2D eigenvalue weighted by Gasteiger charge is -2.24. The van der Waals surface area contributed by atoms with E-state index in [9.17, 15) is 4.79 Å². The van der Waals surface area contributed by atoms with Crippen LogP contribution in [0.2, 0.25) is 0 Å². The lowest BCUT2D eigenvalue weighted by Crippen LogP contribution is -2.39. The molecule has 1 aromatic carbocycles. The maximum Gasteiger partial charge on any atom is 0.317 e. The predicted molar refractivity (Wildman–Crippen MR) is 82.4 cm³/mol. The van der Waals surface area contributed by atoms with Gasteiger partial charge in [-0.1, -0.05) is 18.2 Å². The summed E-state index contributed by atoms with van der Waals surface area (Å²) in [7, 11) is 4.03. The monoisotopic (exact) mass is 294 g/mol. The summed E-state index contributed by atoms with van der Waals surface area (Å²) in [6, 6.07) is 8.46. The van der Waals surface area contributed by atoms with Crippen molar-refractivity contribution < 1.29 is 9.90 Å². The molecule has 0 radical (unpaired) electrons. The molecule has 1 aliphatic heterocycles. The maximum atomic E-state index is 11.0. The highest BCUT2D eigenvalue weighted by atomic mass is 32.2. The molecule has 0 bridgehead atoms. The van der Waals surface area contributed by atoms with Gasteiger partial charge < -0.3 is 10.0 Å². The van der Waals surface area contributed by atoms with Crippen LogP contribution in [0, 0.1) is 0 Å². The minimum Gasteiger partial charge on any atom is -0.480 e. The second kappa shape index (κ2) is 7.11. The van der Waals surface area contributed by atoms with Crippen molar-refractivity contribution in [3.05, 3.63) is 29.8 Å². The number of hydrogen-bond acceptors (Lipinski definition) is 4. The second-order valence-electron chi connectivity index (χ2n) is 5.48. The summed E-state index contributed by atoms with van der Waals surface area (Å²) >= 11 is 1.88. The van der Waals surface area contributed by atoms with E-state index in [0.29, 0.717) is 5.25 Å². The Morgan fingerprint density at radius 3 is 2.75 bits per heavy atom. The van der Waals surface area contributed by atoms with Crippen LogP contribution < -0.4 is 0 Å². The van der Waals surface area contributed by atoms with Crippen LogP contribution in [0.4, 0.5) is 0 Å². The second-order valence-corrected chi connectivity index (χ2v) is 6.83. The molecule has 20 heavy (non-hydrogen) atoms. The molecule has 1 aliphatic rings. The minimum atomic E-state index is -0.746. The third-order valence-corrected chi connectivity index (χ3v) is 4.70. The van der Waals surface area contributed by atoms with E-state index in [4.69, 9.17) is 5.11 Å². The molecule has 0 aliphatic carbocycles. The number of carbonyl (C=O) groups is 1. The van der Waals surface area contributed by atoms with E-state index in [0.717, 1.165) is 26.1 Å². The van der Waals surface area contributed by atoms with E-state index in [1.54, 1.807) is 0 Å². The molecule has 2 rings (SSSR count). The van der Waals surface area contributed by atoms with Crippen LogP contribution in [0.25, 0.3) is 0 Å². The van der Waals surface area contributed by atoms with Crippen molar-refractivity contribution >= 4 is 17.7 Å². The van der Waals surface area contributed by atoms with E-state index >= 15 is 0 Å². The van der Waals surface area contributed by atoms with Crippen LogP contribution in [0.5, 0.6) is 0 Å². The molecule has 0 spiro atoms. The Hall–Kier alpha value is -1.04. The Balaban J connectivity index is 1.90. The molecule has 0 amide bonds. The molecule has 5 heteroatoms. The number of likely N-dealkylation sites (N-methyl/N-ethyl adjacent to an activating group) is 1. The molecule has 1 unspecified atom stereocenters. The fourth-order valence-electron chi connectivity index (χ4n) is 2.41. The number of rotatable bonds is 7. The molecule has 110 valence electrons. The average molecular weight is 294 g/mol. The Kier molecular flexibility index (Phi) is 5.46. The molecular weight excluding hydrogens is 272 g/mol. The summed E-state index contributed by atoms with van der Waals surface area (Å²) in [5, 5.41) is 9.50. The Morgan fingerprint density at radius 2 is 2.10 bits per heavy atom. The van der Waals surface area contributed by atoms with Gasteiger partial charge in [0.05, 0.1) is 6.54 Å². The molecular formula is C15H22N2O2S. The van der Waals surface area contributed by atoms with Crippen molar-refractivity contribution in [2.75, 3.05) is 40.3 Å². The molecule has 1 N–H and O–H groups in total. The summed E-state index contributed by atoms with van der Waals surface area (Å²) < 4.78 is 0. The molecule has 0 saturated heterocycles. The van der Waals surface area contributed by atoms with E-state index < -0.39 is 5.97 Å². The Bertz CT molecular complexity index is 440. The summed E-state index contributed by atoms with van der Waals surface area (Å²) in [5.41, 5.74) is 1.39. The van der Waals surface area contributed by atoms with Crippen molar-refractivity contribution in [3.63, 3.8) is 0 Å². The van der Waals surface area contributed by atoms with Gasteiger partial charge in [0, 0.05) is 29.8 Å². The van der Waals surface area contributed by atoms with Gasteiger partial charge in [0.15, 0.2) is 0 Å². The molecule has 0 aromatic heterocycles. The van der Waals surface area contributed by atoms with Crippen molar-refractivity contribution in [1.29, 1.82) is 0 Å². The summed E-state index contributed by atoms with van der Waals surface area (Å²) in [4.78, 5) is 16.5. The molecule has 0 saturated carbocycles. The summed E-state index contributed by atoms with van der Waals surface area (Å²) in [6.07, 6.45) is 1.04. The first kappa shape index (κ1) is 15.4. The van der Waals surface area contributed by atoms with Crippen LogP contribution in [0.15, 0.2) is 29.2 Å². The van der Waals surface area contributed by atoms with E-state index in [-0.39, 0.29) is 6.54 Å². The van der Waals surface area contributed by atoms with Gasteiger partial charge in [0.1, 0.15) is 0 Å². The zero-order valence-electron chi connectivity index (χ0n) is 12.1. The predicted octanol–water partition coefficient (Wildman–Crippen LogP) is 1.65. The number of nitrogens with zero attached hydrogens (tertiary/aromatic N) is 2. The number of hydrogen-bond donors (Lipinski definition) is 1. The lowest BCUT2D eigenvalue weighted by atomic mass is 10.1. The zero-order chi connectivity index (χ0) is 14.5. The number of thioether (sulfide) groups is 1. The number of carboxylic acids is 1. The normalized spacial score (nSPS) is 17.7. The quantitative estimate of drug-likeness (QED) is 0.828. The largest absolute Gasteiger partial charge is 0.480 e. The fraction of sp³-hybridized carbons (Fsp3) is 0.533. The van der Waals surface area contributed by atoms with Crippen molar-refractivity contribution in [1.82, 2.24) is 9.80 Å². The SMILES string of the molecule is CN(C)CCN(CC(=O)O)CC1Cc2ccccc2S1. The molecule has 1 aromatic rings. The topological polar surface area (TPSA) is 43.8 Å². The third kappa shape index (κ3) is 4.51. The van der Waals surface area contributed by atoms with Crippen molar-refractivity contribution in [2.24, 2.45) is 0 Å². The van der Waals surface area contributed by atoms with Crippen LogP contribution in [0.1, 0.15) is 5.56 Å². The highest BCUT2D eigenvalue weighted by molar-refractivity contribution is 8.00. The zero-order valence-corrected chi connectivity index (χ0v) is 12.9. The minimum absolute atomic E-state index is 0.126. The van der Waals surface area contributed by atoms with Crippen molar-refractivity contribution in [3.8, 4) is 0 Å². The molecule has 1 heterocycles. The van der Waals surface area contributed by atoms with Crippen LogP contribution in [0.3, 0.4) is 0 Å². The van der Waals surface area contributed by atoms with Crippen LogP contribution in [-0.2, 0) is 11.2 Å². The van der Waals surface area contributed by atoms with Gasteiger partial charge in [0.2, 0.25) is 0 Å². The highest BCUT2D eigenvalue weighted by Gasteiger charge is 2.24. The number of aliphatic carboxylic acids is 1. The standard InChI is InChI=1S/C15H22N2O2S/c1-16(2)7-8-17(11-15(18)19)10-13-9-12-5-3-4-6-14(12)20-13/h3-6,13H,7-11H2,1-2H3,(H,18,19). The Morgan fingerprint density at radius 1 is 1.35 bits per heavy atom. The third-order valence-electron chi connectivity index (χ3n) is 3.40. The first-order valence-electron chi connectivity index (χ1n) is 6.88. The van der Waals surface area contributed by atoms with E-state index in [2.05, 4.69) is 29.2 Å². The average Bonchev–Trinajstić information content (AvgIpc) is 2.77. The Labute approximate surface area is 124 Å². The lowest BCUT2D eigenvalue weighted by molar-refractivity contribution is -0.138. The highest BCUT2D eigenvalue weighted by Crippen LogP contribution is 2.36. The van der Waals surface area contributed by atoms with E-state index in [1.807, 2.05) is 30.8 Å². The van der Waals surface area contributed by atoms with Gasteiger partial charge in [0.25, 0.3) is 0 Å². The molecule has 1 atom stereocenters. The van der Waals surface area contributed by atoms with Gasteiger partial charge >= 0.3 is 5.97 Å². The maximum absolute atomic E-state index is 11.0. The first-order valence-corrected chi connectivity index (χ1v) is 7.76. The smallest absolute Gasteiger partial charge is 0.317 e. The van der Waals surface area contributed by atoms with Gasteiger partial charge in [-0.3, -0.25) is 9.69 Å². The van der Waals surface area contributed by atoms with Crippen molar-refractivity contribution in [2.45, 2.75) is 16.6 Å². The number of fused-ring (bicyclic) bond motifs is 1.